The van der Waals surface area contributed by atoms with E-state index in [0.29, 0.717) is 0 Å². The molecule has 0 fully saturated rings. The van der Waals surface area contributed by atoms with Crippen molar-refractivity contribution in [1.29, 1.82) is 0 Å². The van der Waals surface area contributed by atoms with Crippen LogP contribution in [0.1, 0.15) is 0 Å². The molecule has 0 aliphatic rings. The van der Waals surface area contributed by atoms with Crippen LogP contribution in [0.4, 0.5) is 0 Å². The van der Waals surface area contributed by atoms with Gasteiger partial charge in [0.05, 0.1) is 0 Å². The third-order valence-electron chi connectivity index (χ3n) is 2.92. The van der Waals surface area contributed by atoms with E-state index in [9.17, 15) is 0 Å². The van der Waals surface area contributed by atoms with Crippen molar-refractivity contribution >= 4 is 65.9 Å². The molecule has 0 heterocycles. The minimum atomic E-state index is -1.11. The molecule has 0 aromatic carbocycles. The first kappa shape index (κ1) is 53.1. The predicted octanol–water partition coefficient (Wildman–Crippen LogP) is 6.93. The van der Waals surface area contributed by atoms with Crippen LogP contribution < -0.4 is 49.7 Å². The first-order valence-corrected chi connectivity index (χ1v) is 41.8. The second-order valence-electron chi connectivity index (χ2n) is 18.3. The average molecular weight is 685 g/mol. The quantitative estimate of drug-likeness (QED) is 0.209. The van der Waals surface area contributed by atoms with Crippen molar-refractivity contribution in [1.82, 2.24) is 20.1 Å². The molecule has 0 aromatic rings. The Bertz CT molecular complexity index is 419. The van der Waals surface area contributed by atoms with Gasteiger partial charge in [-0.3, -0.25) is 0 Å². The molecular formula is C24H78N5NaSi8. The molecule has 0 saturated heterocycles. The number of hydrogen-bond acceptors (Lipinski definition) is 4. The van der Waals surface area contributed by atoms with Gasteiger partial charge < -0.3 is 24.7 Å². The first-order valence-electron chi connectivity index (χ1n) is 13.9. The van der Waals surface area contributed by atoms with Gasteiger partial charge in [-0.15, -0.1) is 0 Å². The van der Waals surface area contributed by atoms with Crippen LogP contribution in [0.25, 0.3) is 4.65 Å². The van der Waals surface area contributed by atoms with Gasteiger partial charge in [0.1, 0.15) is 49.4 Å². The number of nitrogens with one attached hydrogen (secondary N) is 3. The summed E-state index contributed by atoms with van der Waals surface area (Å²) in [7, 11) is -8.10. The Morgan fingerprint density at radius 1 is 0.289 bits per heavy atom. The number of rotatable bonds is 8. The van der Waals surface area contributed by atoms with Crippen LogP contribution in [0.3, 0.4) is 0 Å². The van der Waals surface area contributed by atoms with Gasteiger partial charge in [-0.2, -0.15) is 0 Å². The van der Waals surface area contributed by atoms with Gasteiger partial charge >= 0.3 is 29.6 Å². The van der Waals surface area contributed by atoms with Gasteiger partial charge in [0, 0.05) is 0 Å². The maximum atomic E-state index is 4.82. The van der Waals surface area contributed by atoms with Crippen LogP contribution in [-0.2, 0) is 0 Å². The Kier molecular flexibility index (Phi) is 27.6. The van der Waals surface area contributed by atoms with Crippen molar-refractivity contribution < 1.29 is 29.6 Å². The average Bonchev–Trinajstić information content (AvgIpc) is 2.19. The van der Waals surface area contributed by atoms with Crippen LogP contribution in [0.15, 0.2) is 0 Å². The zero-order chi connectivity index (χ0) is 30.8. The fraction of sp³-hybridized carbons (Fsp3) is 1.00. The second kappa shape index (κ2) is 19.7. The molecule has 6 N–H and O–H groups in total. The Morgan fingerprint density at radius 3 is 0.395 bits per heavy atom. The Morgan fingerprint density at radius 2 is 0.395 bits per heavy atom. The summed E-state index contributed by atoms with van der Waals surface area (Å²) in [6, 6.07) is 0. The summed E-state index contributed by atoms with van der Waals surface area (Å²) >= 11 is 0. The molecular weight excluding hydrogens is 606 g/mol. The van der Waals surface area contributed by atoms with Gasteiger partial charge in [0.15, 0.2) is 0 Å². The van der Waals surface area contributed by atoms with E-state index in [1.807, 2.05) is 0 Å². The van der Waals surface area contributed by atoms with Gasteiger partial charge in [0.25, 0.3) is 0 Å². The van der Waals surface area contributed by atoms with E-state index < -0.39 is 65.9 Å². The molecule has 0 aliphatic carbocycles. The van der Waals surface area contributed by atoms with Crippen molar-refractivity contribution in [3.05, 3.63) is 4.65 Å². The monoisotopic (exact) mass is 683 g/mol. The van der Waals surface area contributed by atoms with Gasteiger partial charge in [-0.25, -0.2) is 0 Å². The number of hydrogen-bond donors (Lipinski definition) is 4. The summed E-state index contributed by atoms with van der Waals surface area (Å²) in [6.45, 7) is 56.1. The minimum Gasteiger partial charge on any atom is -0.668 e. The van der Waals surface area contributed by atoms with Crippen LogP contribution in [0, 0.1) is 0 Å². The third kappa shape index (κ3) is 77.1. The summed E-state index contributed by atoms with van der Waals surface area (Å²) in [6.07, 6.45) is 0. The van der Waals surface area contributed by atoms with E-state index in [-0.39, 0.29) is 35.7 Å². The molecule has 0 saturated carbocycles. The molecule has 0 unspecified atom stereocenters. The van der Waals surface area contributed by atoms with Crippen molar-refractivity contribution in [2.45, 2.75) is 157 Å². The normalized spacial score (nSPS) is 13.3. The molecule has 0 aliphatic heterocycles. The molecule has 0 spiro atoms. The molecule has 0 rings (SSSR count). The molecule has 0 bridgehead atoms. The predicted molar refractivity (Wildman–Crippen MR) is 205 cm³/mol. The molecule has 14 heteroatoms. The zero-order valence-corrected chi connectivity index (χ0v) is 41.7. The third-order valence-corrected chi connectivity index (χ3v) is 26.3. The maximum Gasteiger partial charge on any atom is 1.00 e. The first-order chi connectivity index (χ1) is 14.8. The van der Waals surface area contributed by atoms with E-state index in [0.717, 1.165) is 0 Å². The van der Waals surface area contributed by atoms with Crippen LogP contribution in [0.5, 0.6) is 0 Å². The topological polar surface area (TPSA) is 85.2 Å². The fourth-order valence-corrected chi connectivity index (χ4v) is 39.4. The standard InChI is InChI=1S/3C6H19NSi2.C6H18NSi2.H3N.Na/c4*1-8(2,3)7-9(4,5)6;;/h3*7H,1-6H3;1-6H3;1H3;/q;;;-1;;+1. The van der Waals surface area contributed by atoms with E-state index in [4.69, 9.17) is 4.65 Å². The van der Waals surface area contributed by atoms with Crippen molar-refractivity contribution in [2.24, 2.45) is 0 Å². The molecule has 0 atom stereocenters. The van der Waals surface area contributed by atoms with E-state index in [2.05, 4.69) is 171 Å². The van der Waals surface area contributed by atoms with Crippen LogP contribution >= 0.6 is 0 Å². The summed E-state index contributed by atoms with van der Waals surface area (Å²) < 4.78 is 16.0. The summed E-state index contributed by atoms with van der Waals surface area (Å²) in [5.41, 5.74) is 0. The molecule has 0 aromatic heterocycles. The summed E-state index contributed by atoms with van der Waals surface area (Å²) in [5, 5.41) is 0. The molecule has 5 nitrogen and oxygen atoms in total. The van der Waals surface area contributed by atoms with Gasteiger partial charge in [-0.05, 0) is 0 Å². The van der Waals surface area contributed by atoms with Crippen molar-refractivity contribution in [3.8, 4) is 0 Å². The molecule has 0 radical (unpaired) electrons. The van der Waals surface area contributed by atoms with Gasteiger partial charge in [-0.1, -0.05) is 174 Å². The molecule has 0 amide bonds. The fourth-order valence-electron chi connectivity index (χ4n) is 4.38. The SMILES string of the molecule is C[Si](C)(C)N[Si](C)(C)C.C[Si](C)(C)N[Si](C)(C)C.C[Si](C)(C)N[Si](C)(C)C.C[Si](C)(C)[N-][Si](C)(C)C.N.[Na+]. The van der Waals surface area contributed by atoms with E-state index >= 15 is 0 Å². The Labute approximate surface area is 275 Å². The van der Waals surface area contributed by atoms with Crippen LogP contribution in [0.2, 0.25) is 157 Å². The van der Waals surface area contributed by atoms with Crippen molar-refractivity contribution in [2.75, 3.05) is 0 Å². The van der Waals surface area contributed by atoms with E-state index in [1.54, 1.807) is 0 Å². The minimum absolute atomic E-state index is 0. The smallest absolute Gasteiger partial charge is 0.668 e. The maximum absolute atomic E-state index is 4.82. The van der Waals surface area contributed by atoms with Crippen molar-refractivity contribution in [3.63, 3.8) is 0 Å². The second-order valence-corrected chi connectivity index (χ2v) is 57.9. The molecule has 38 heavy (non-hydrogen) atoms. The summed E-state index contributed by atoms with van der Waals surface area (Å²) in [4.78, 5) is 0. The number of nitrogens with zero attached hydrogens (tertiary/aromatic N) is 1. The largest absolute Gasteiger partial charge is 1.00 e. The van der Waals surface area contributed by atoms with E-state index in [1.165, 1.54) is 0 Å². The zero-order valence-electron chi connectivity index (χ0n) is 31.7. The van der Waals surface area contributed by atoms with Gasteiger partial charge in [0.2, 0.25) is 0 Å². The van der Waals surface area contributed by atoms with Crippen LogP contribution in [-0.4, -0.2) is 65.9 Å². The summed E-state index contributed by atoms with van der Waals surface area (Å²) in [5.74, 6) is 0. The Balaban J connectivity index is -0.0000000883. The Hall–Kier alpha value is 2.54. The molecule has 232 valence electrons.